The standard InChI is InChI=1S/C10H14N2O2S/c1-2-9-5-3-4-6-10(9)12-8-7-11-15(12,13)14/h3-6,11H,2,7-8H2,1H3. The van der Waals surface area contributed by atoms with E-state index in [2.05, 4.69) is 4.72 Å². The van der Waals surface area contributed by atoms with Gasteiger partial charge in [-0.05, 0) is 18.1 Å². The molecule has 0 aliphatic carbocycles. The second-order valence-corrected chi connectivity index (χ2v) is 5.13. The molecule has 2 rings (SSSR count). The summed E-state index contributed by atoms with van der Waals surface area (Å²) in [6.45, 7) is 3.02. The average molecular weight is 226 g/mol. The summed E-state index contributed by atoms with van der Waals surface area (Å²) in [6.07, 6.45) is 0.836. The summed E-state index contributed by atoms with van der Waals surface area (Å²) >= 11 is 0. The zero-order valence-electron chi connectivity index (χ0n) is 8.60. The van der Waals surface area contributed by atoms with Gasteiger partial charge in [-0.1, -0.05) is 25.1 Å². The van der Waals surface area contributed by atoms with Crippen LogP contribution >= 0.6 is 0 Å². The molecule has 1 heterocycles. The van der Waals surface area contributed by atoms with E-state index in [4.69, 9.17) is 0 Å². The van der Waals surface area contributed by atoms with E-state index in [1.807, 2.05) is 31.2 Å². The van der Waals surface area contributed by atoms with Gasteiger partial charge in [0.15, 0.2) is 0 Å². The first-order valence-electron chi connectivity index (χ1n) is 5.00. The Morgan fingerprint density at radius 2 is 2.13 bits per heavy atom. The molecule has 4 nitrogen and oxygen atoms in total. The van der Waals surface area contributed by atoms with Crippen LogP contribution in [0.1, 0.15) is 12.5 Å². The minimum Gasteiger partial charge on any atom is -0.256 e. The molecule has 1 saturated heterocycles. The molecule has 82 valence electrons. The Morgan fingerprint density at radius 1 is 1.40 bits per heavy atom. The largest absolute Gasteiger partial charge is 0.301 e. The Bertz CT molecular complexity index is 456. The lowest BCUT2D eigenvalue weighted by atomic mass is 10.1. The molecule has 0 unspecified atom stereocenters. The summed E-state index contributed by atoms with van der Waals surface area (Å²) in [6, 6.07) is 7.60. The maximum Gasteiger partial charge on any atom is 0.301 e. The summed E-state index contributed by atoms with van der Waals surface area (Å²) in [5.74, 6) is 0. The number of benzene rings is 1. The molecule has 1 aromatic rings. The quantitative estimate of drug-likeness (QED) is 0.814. The lowest BCUT2D eigenvalue weighted by Crippen LogP contribution is -2.29. The predicted molar refractivity (Wildman–Crippen MR) is 60.1 cm³/mol. The van der Waals surface area contributed by atoms with E-state index in [1.165, 1.54) is 4.31 Å². The second-order valence-electron chi connectivity index (χ2n) is 3.45. The van der Waals surface area contributed by atoms with Gasteiger partial charge in [0.1, 0.15) is 0 Å². The first-order valence-corrected chi connectivity index (χ1v) is 6.44. The molecule has 0 spiro atoms. The monoisotopic (exact) mass is 226 g/mol. The fourth-order valence-electron chi connectivity index (χ4n) is 1.78. The van der Waals surface area contributed by atoms with Crippen LogP contribution in [0.5, 0.6) is 0 Å². The van der Waals surface area contributed by atoms with Gasteiger partial charge in [0.2, 0.25) is 0 Å². The zero-order valence-corrected chi connectivity index (χ0v) is 9.42. The Hall–Kier alpha value is -1.07. The first kappa shape index (κ1) is 10.4. The van der Waals surface area contributed by atoms with Crippen molar-refractivity contribution in [2.24, 2.45) is 0 Å². The number of rotatable bonds is 2. The maximum absolute atomic E-state index is 11.6. The molecule has 15 heavy (non-hydrogen) atoms. The molecule has 5 heteroatoms. The fraction of sp³-hybridized carbons (Fsp3) is 0.400. The van der Waals surface area contributed by atoms with Crippen LogP contribution in [0.4, 0.5) is 5.69 Å². The Labute approximate surface area is 90.1 Å². The average Bonchev–Trinajstić information content (AvgIpc) is 2.58. The number of hydrogen-bond donors (Lipinski definition) is 1. The van der Waals surface area contributed by atoms with E-state index < -0.39 is 10.2 Å². The second kappa shape index (κ2) is 3.83. The molecule has 1 aliphatic rings. The fourth-order valence-corrected chi connectivity index (χ4v) is 3.05. The van der Waals surface area contributed by atoms with Crippen molar-refractivity contribution >= 4 is 15.9 Å². The minimum atomic E-state index is -3.29. The van der Waals surface area contributed by atoms with Crippen LogP contribution in [0, 0.1) is 0 Å². The van der Waals surface area contributed by atoms with Gasteiger partial charge in [0, 0.05) is 13.1 Å². The van der Waals surface area contributed by atoms with Crippen LogP contribution in [0.3, 0.4) is 0 Å². The highest BCUT2D eigenvalue weighted by Gasteiger charge is 2.28. The molecule has 1 aromatic carbocycles. The third-order valence-corrected chi connectivity index (χ3v) is 4.06. The molecular weight excluding hydrogens is 212 g/mol. The van der Waals surface area contributed by atoms with E-state index in [9.17, 15) is 8.42 Å². The zero-order chi connectivity index (χ0) is 10.9. The van der Waals surface area contributed by atoms with Crippen molar-refractivity contribution in [1.82, 2.24) is 4.72 Å². The van der Waals surface area contributed by atoms with Crippen LogP contribution < -0.4 is 9.03 Å². The third kappa shape index (κ3) is 1.85. The van der Waals surface area contributed by atoms with Crippen LogP contribution in [-0.4, -0.2) is 21.5 Å². The van der Waals surface area contributed by atoms with E-state index in [1.54, 1.807) is 0 Å². The van der Waals surface area contributed by atoms with Crippen molar-refractivity contribution < 1.29 is 8.42 Å². The van der Waals surface area contributed by atoms with Crippen molar-refractivity contribution in [2.75, 3.05) is 17.4 Å². The molecule has 0 saturated carbocycles. The maximum atomic E-state index is 11.6. The van der Waals surface area contributed by atoms with E-state index >= 15 is 0 Å². The predicted octanol–water partition coefficient (Wildman–Crippen LogP) is 0.903. The number of para-hydroxylation sites is 1. The highest BCUT2D eigenvalue weighted by atomic mass is 32.2. The Morgan fingerprint density at radius 3 is 2.73 bits per heavy atom. The van der Waals surface area contributed by atoms with Gasteiger partial charge < -0.3 is 0 Å². The van der Waals surface area contributed by atoms with Gasteiger partial charge in [-0.3, -0.25) is 4.31 Å². The topological polar surface area (TPSA) is 49.4 Å². The lowest BCUT2D eigenvalue weighted by Gasteiger charge is -2.18. The first-order chi connectivity index (χ1) is 7.15. The number of nitrogens with zero attached hydrogens (tertiary/aromatic N) is 1. The molecule has 0 radical (unpaired) electrons. The van der Waals surface area contributed by atoms with Crippen molar-refractivity contribution in [3.05, 3.63) is 29.8 Å². The van der Waals surface area contributed by atoms with Gasteiger partial charge in [0.25, 0.3) is 0 Å². The molecule has 0 atom stereocenters. The van der Waals surface area contributed by atoms with Gasteiger partial charge in [-0.15, -0.1) is 0 Å². The minimum absolute atomic E-state index is 0.486. The number of nitrogens with one attached hydrogen (secondary N) is 1. The van der Waals surface area contributed by atoms with Crippen molar-refractivity contribution in [3.8, 4) is 0 Å². The molecule has 1 aliphatic heterocycles. The van der Waals surface area contributed by atoms with Gasteiger partial charge in [-0.2, -0.15) is 13.1 Å². The number of hydrogen-bond acceptors (Lipinski definition) is 2. The normalized spacial score (nSPS) is 19.4. The van der Waals surface area contributed by atoms with Crippen molar-refractivity contribution in [3.63, 3.8) is 0 Å². The molecule has 1 N–H and O–H groups in total. The van der Waals surface area contributed by atoms with E-state index in [0.29, 0.717) is 13.1 Å². The van der Waals surface area contributed by atoms with E-state index in [-0.39, 0.29) is 0 Å². The summed E-state index contributed by atoms with van der Waals surface area (Å²) in [5, 5.41) is 0. The van der Waals surface area contributed by atoms with E-state index in [0.717, 1.165) is 17.7 Å². The van der Waals surface area contributed by atoms with Gasteiger partial charge in [0.05, 0.1) is 5.69 Å². The highest BCUT2D eigenvalue weighted by Crippen LogP contribution is 2.24. The summed E-state index contributed by atoms with van der Waals surface area (Å²) in [5.41, 5.74) is 1.86. The Kier molecular flexibility index (Phi) is 2.67. The van der Waals surface area contributed by atoms with Crippen molar-refractivity contribution in [1.29, 1.82) is 0 Å². The van der Waals surface area contributed by atoms with Gasteiger partial charge >= 0.3 is 10.2 Å². The van der Waals surface area contributed by atoms with Crippen LogP contribution in [-0.2, 0) is 16.6 Å². The smallest absolute Gasteiger partial charge is 0.256 e. The van der Waals surface area contributed by atoms with Crippen LogP contribution in [0.25, 0.3) is 0 Å². The number of aryl methyl sites for hydroxylation is 1. The number of anilines is 1. The van der Waals surface area contributed by atoms with Gasteiger partial charge in [-0.25, -0.2) is 0 Å². The molecule has 0 aromatic heterocycles. The third-order valence-electron chi connectivity index (χ3n) is 2.53. The Balaban J connectivity index is 2.45. The summed E-state index contributed by atoms with van der Waals surface area (Å²) in [4.78, 5) is 0. The molecule has 0 amide bonds. The van der Waals surface area contributed by atoms with Crippen LogP contribution in [0.2, 0.25) is 0 Å². The summed E-state index contributed by atoms with van der Waals surface area (Å²) < 4.78 is 27.2. The molecular formula is C10H14N2O2S. The lowest BCUT2D eigenvalue weighted by molar-refractivity contribution is 0.591. The molecule has 1 fully saturated rings. The van der Waals surface area contributed by atoms with Crippen LogP contribution in [0.15, 0.2) is 24.3 Å². The molecule has 0 bridgehead atoms. The van der Waals surface area contributed by atoms with Crippen molar-refractivity contribution in [2.45, 2.75) is 13.3 Å². The summed E-state index contributed by atoms with van der Waals surface area (Å²) in [7, 11) is -3.29. The SMILES string of the molecule is CCc1ccccc1N1CCNS1(=O)=O. The highest BCUT2D eigenvalue weighted by molar-refractivity contribution is 7.91.